The molecule has 7 aromatic carbocycles. The molecule has 0 amide bonds. The minimum absolute atomic E-state index is 0.0905. The van der Waals surface area contributed by atoms with E-state index in [9.17, 15) is 0 Å². The first-order valence-corrected chi connectivity index (χ1v) is 20.8. The maximum atomic E-state index is 5.21. The van der Waals surface area contributed by atoms with Crippen LogP contribution in [0.25, 0.3) is 50.2 Å². The van der Waals surface area contributed by atoms with Crippen LogP contribution in [0.2, 0.25) is 0 Å². The summed E-state index contributed by atoms with van der Waals surface area (Å²) in [5.74, 6) is 0.891. The molecule has 0 saturated heterocycles. The summed E-state index contributed by atoms with van der Waals surface area (Å²) in [6.07, 6.45) is 8.69. The van der Waals surface area contributed by atoms with Crippen molar-refractivity contribution >= 4 is 11.5 Å². The van der Waals surface area contributed by atoms with Crippen molar-refractivity contribution in [3.8, 4) is 44.5 Å². The van der Waals surface area contributed by atoms with E-state index in [1.807, 2.05) is 6.07 Å². The van der Waals surface area contributed by atoms with Crippen molar-refractivity contribution in [2.75, 3.05) is 0 Å². The number of fused-ring (bicyclic) bond motifs is 8. The number of nitrogens with one attached hydrogen (secondary N) is 1. The summed E-state index contributed by atoms with van der Waals surface area (Å²) < 4.78 is 0. The van der Waals surface area contributed by atoms with E-state index in [4.69, 9.17) is 4.99 Å². The lowest BCUT2D eigenvalue weighted by Gasteiger charge is -2.36. The van der Waals surface area contributed by atoms with Crippen LogP contribution in [0.5, 0.6) is 0 Å². The first kappa shape index (κ1) is 34.0. The predicted octanol–water partition coefficient (Wildman–Crippen LogP) is 13.7. The topological polar surface area (TPSA) is 24.4 Å². The van der Waals surface area contributed by atoms with Crippen molar-refractivity contribution in [2.24, 2.45) is 4.99 Å². The third-order valence-corrected chi connectivity index (χ3v) is 13.5. The molecular weight excluding hydrogens is 689 g/mol. The quantitative estimate of drug-likeness (QED) is 0.187. The van der Waals surface area contributed by atoms with Gasteiger partial charge in [-0.2, -0.15) is 0 Å². The molecule has 0 aromatic heterocycles. The van der Waals surface area contributed by atoms with Crippen LogP contribution >= 0.6 is 0 Å². The van der Waals surface area contributed by atoms with E-state index in [0.29, 0.717) is 0 Å². The minimum atomic E-state index is -0.102. The zero-order chi connectivity index (χ0) is 38.1. The fourth-order valence-electron chi connectivity index (χ4n) is 10.6. The largest absolute Gasteiger partial charge is 0.340 e. The lowest BCUT2D eigenvalue weighted by molar-refractivity contribution is 0.353. The van der Waals surface area contributed by atoms with Gasteiger partial charge >= 0.3 is 0 Å². The number of benzene rings is 7. The fraction of sp³-hybridized carbons (Fsp3) is 0.182. The van der Waals surface area contributed by atoms with Crippen molar-refractivity contribution in [1.82, 2.24) is 5.32 Å². The second-order valence-electron chi connectivity index (χ2n) is 17.0. The van der Waals surface area contributed by atoms with Crippen LogP contribution in [0, 0.1) is 0 Å². The van der Waals surface area contributed by atoms with Gasteiger partial charge in [-0.15, -0.1) is 0 Å². The van der Waals surface area contributed by atoms with Crippen LogP contribution in [0.15, 0.2) is 175 Å². The van der Waals surface area contributed by atoms with Crippen molar-refractivity contribution < 1.29 is 0 Å². The molecule has 2 nitrogen and oxygen atoms in total. The van der Waals surface area contributed by atoms with Gasteiger partial charge in [0.25, 0.3) is 0 Å². The van der Waals surface area contributed by atoms with Crippen LogP contribution < -0.4 is 5.32 Å². The number of amidine groups is 1. The standard InChI is InChI=1S/C55H46N2/c1-54(2)47-25-15-23-42(52(47)45-34-49-44(33-48(45)54)43-22-10-11-24-46(43)55(49)30-12-5-13-31-55)41-21-14-20-40(32-41)36-26-28-38(29-27-36)51-35-50(37-16-6-3-7-17-37)56-53(57-51)39-18-8-4-9-19-39/h3-4,6-11,14-29,32-35,51H,5,12-13,30-31H2,1-2H3,(H,56,57). The molecule has 1 N–H and O–H groups in total. The molecule has 0 bridgehead atoms. The highest BCUT2D eigenvalue weighted by atomic mass is 15.0. The van der Waals surface area contributed by atoms with Crippen LogP contribution in [0.1, 0.15) is 90.9 Å². The highest BCUT2D eigenvalue weighted by molar-refractivity contribution is 6.05. The molecular formula is C55H46N2. The Balaban J connectivity index is 0.968. The molecule has 1 spiro atoms. The van der Waals surface area contributed by atoms with Crippen molar-refractivity contribution in [3.05, 3.63) is 209 Å². The monoisotopic (exact) mass is 734 g/mol. The zero-order valence-corrected chi connectivity index (χ0v) is 32.7. The molecule has 7 aromatic rings. The molecule has 1 heterocycles. The van der Waals surface area contributed by atoms with Gasteiger partial charge in [-0.25, -0.2) is 0 Å². The van der Waals surface area contributed by atoms with Gasteiger partial charge in [-0.05, 0) is 115 Å². The highest BCUT2D eigenvalue weighted by Gasteiger charge is 2.46. The normalized spacial score (nSPS) is 18.1. The van der Waals surface area contributed by atoms with E-state index < -0.39 is 0 Å². The summed E-state index contributed by atoms with van der Waals surface area (Å²) in [7, 11) is 0. The molecule has 3 aliphatic carbocycles. The van der Waals surface area contributed by atoms with Crippen LogP contribution in [0.3, 0.4) is 0 Å². The summed E-state index contributed by atoms with van der Waals surface area (Å²) in [4.78, 5) is 5.21. The number of nitrogens with zero attached hydrogens (tertiary/aromatic N) is 1. The first-order chi connectivity index (χ1) is 28.0. The molecule has 1 fully saturated rings. The smallest absolute Gasteiger partial charge is 0.133 e. The van der Waals surface area contributed by atoms with Gasteiger partial charge in [0.2, 0.25) is 0 Å². The SMILES string of the molecule is CC1(C)c2cc3c(cc2-c2c(-c4cccc(-c5ccc(C6C=C(c7ccccc7)NC(c7ccccc7)=N6)cc5)c4)cccc21)C1(CCCCC1)c1ccccc1-3. The van der Waals surface area contributed by atoms with Gasteiger partial charge < -0.3 is 5.32 Å². The Morgan fingerprint density at radius 2 is 1.11 bits per heavy atom. The van der Waals surface area contributed by atoms with Crippen LogP contribution in [0.4, 0.5) is 0 Å². The Morgan fingerprint density at radius 3 is 1.89 bits per heavy atom. The lowest BCUT2D eigenvalue weighted by Crippen LogP contribution is -2.28. The molecule has 1 saturated carbocycles. The Kier molecular flexibility index (Phi) is 7.86. The average molecular weight is 735 g/mol. The summed E-state index contributed by atoms with van der Waals surface area (Å²) >= 11 is 0. The van der Waals surface area contributed by atoms with Crippen molar-refractivity contribution in [1.29, 1.82) is 0 Å². The Morgan fingerprint density at radius 1 is 0.474 bits per heavy atom. The van der Waals surface area contributed by atoms with E-state index in [-0.39, 0.29) is 16.9 Å². The third kappa shape index (κ3) is 5.41. The predicted molar refractivity (Wildman–Crippen MR) is 237 cm³/mol. The van der Waals surface area contributed by atoms with Crippen LogP contribution in [-0.2, 0) is 10.8 Å². The summed E-state index contributed by atoms with van der Waals surface area (Å²) in [5.41, 5.74) is 21.3. The second kappa shape index (κ2) is 13.2. The first-order valence-electron chi connectivity index (χ1n) is 20.8. The van der Waals surface area contributed by atoms with Gasteiger partial charge in [0.1, 0.15) is 5.84 Å². The Hall–Kier alpha value is -6.25. The fourth-order valence-corrected chi connectivity index (χ4v) is 10.6. The van der Waals surface area contributed by atoms with E-state index in [1.165, 1.54) is 93.3 Å². The molecule has 1 unspecified atom stereocenters. The summed E-state index contributed by atoms with van der Waals surface area (Å²) in [5, 5.41) is 3.62. The molecule has 4 aliphatic rings. The van der Waals surface area contributed by atoms with Gasteiger partial charge in [-0.1, -0.05) is 179 Å². The van der Waals surface area contributed by atoms with E-state index in [1.54, 1.807) is 11.1 Å². The molecule has 11 rings (SSSR count). The highest BCUT2D eigenvalue weighted by Crippen LogP contribution is 2.60. The second-order valence-corrected chi connectivity index (χ2v) is 17.0. The maximum absolute atomic E-state index is 5.21. The van der Waals surface area contributed by atoms with Crippen molar-refractivity contribution in [3.63, 3.8) is 0 Å². The molecule has 57 heavy (non-hydrogen) atoms. The molecule has 1 aliphatic heterocycles. The zero-order valence-electron chi connectivity index (χ0n) is 32.7. The molecule has 1 atom stereocenters. The van der Waals surface area contributed by atoms with E-state index >= 15 is 0 Å². The van der Waals surface area contributed by atoms with Gasteiger partial charge in [0, 0.05) is 22.1 Å². The van der Waals surface area contributed by atoms with Crippen molar-refractivity contribution in [2.45, 2.75) is 62.8 Å². The van der Waals surface area contributed by atoms with Gasteiger partial charge in [0.05, 0.1) is 6.04 Å². The molecule has 2 heteroatoms. The third-order valence-electron chi connectivity index (χ3n) is 13.5. The Labute approximate surface area is 336 Å². The lowest BCUT2D eigenvalue weighted by atomic mass is 9.67. The molecule has 276 valence electrons. The van der Waals surface area contributed by atoms with Gasteiger partial charge in [-0.3, -0.25) is 4.99 Å². The number of aliphatic imine (C=N–C) groups is 1. The van der Waals surface area contributed by atoms with Gasteiger partial charge in [0.15, 0.2) is 0 Å². The minimum Gasteiger partial charge on any atom is -0.340 e. The maximum Gasteiger partial charge on any atom is 0.133 e. The number of hydrogen-bond acceptors (Lipinski definition) is 2. The Bertz CT molecular complexity index is 2690. The van der Waals surface area contributed by atoms with Crippen LogP contribution in [-0.4, -0.2) is 5.84 Å². The van der Waals surface area contributed by atoms with E-state index in [0.717, 1.165) is 22.7 Å². The number of hydrogen-bond donors (Lipinski definition) is 1. The average Bonchev–Trinajstić information content (AvgIpc) is 3.67. The summed E-state index contributed by atoms with van der Waals surface area (Å²) in [6, 6.07) is 60.6. The summed E-state index contributed by atoms with van der Waals surface area (Å²) in [6.45, 7) is 4.85. The van der Waals surface area contributed by atoms with E-state index in [2.05, 4.69) is 183 Å². The molecule has 0 radical (unpaired) electrons. The number of rotatable bonds is 5.